The quantitative estimate of drug-likeness (QED) is 0.536. The largest absolute Gasteiger partial charge is 0.496 e. The molecule has 0 saturated heterocycles. The van der Waals surface area contributed by atoms with E-state index in [4.69, 9.17) is 14.5 Å². The SMILES string of the molecule is CCC1=C(C(=O)OC)[C@@H](c2ccccc2OC)N2C(CC(=O)NCc3ccc(F)cc3)=CSC2=N1. The van der Waals surface area contributed by atoms with E-state index in [0.29, 0.717) is 34.3 Å². The number of amides is 1. The van der Waals surface area contributed by atoms with Gasteiger partial charge in [-0.2, -0.15) is 0 Å². The number of aliphatic imine (C=N–C) groups is 1. The lowest BCUT2D eigenvalue weighted by Gasteiger charge is -2.37. The molecule has 0 unspecified atom stereocenters. The van der Waals surface area contributed by atoms with Crippen molar-refractivity contribution in [3.05, 3.63) is 87.9 Å². The van der Waals surface area contributed by atoms with Crippen LogP contribution >= 0.6 is 11.8 Å². The van der Waals surface area contributed by atoms with Crippen LogP contribution in [0, 0.1) is 5.82 Å². The number of allylic oxidation sites excluding steroid dienone is 1. The van der Waals surface area contributed by atoms with Gasteiger partial charge in [-0.3, -0.25) is 4.79 Å². The fraction of sp³-hybridized carbons (Fsp3) is 0.269. The van der Waals surface area contributed by atoms with Crippen LogP contribution in [0.15, 0.2) is 75.9 Å². The van der Waals surface area contributed by atoms with Crippen molar-refractivity contribution in [3.8, 4) is 5.75 Å². The van der Waals surface area contributed by atoms with Gasteiger partial charge in [0.15, 0.2) is 5.17 Å². The van der Waals surface area contributed by atoms with E-state index in [2.05, 4.69) is 5.32 Å². The Morgan fingerprint density at radius 3 is 2.57 bits per heavy atom. The molecule has 0 spiro atoms. The Balaban J connectivity index is 1.64. The predicted octanol–water partition coefficient (Wildman–Crippen LogP) is 4.68. The Morgan fingerprint density at radius 1 is 1.14 bits per heavy atom. The highest BCUT2D eigenvalue weighted by Crippen LogP contribution is 2.47. The Labute approximate surface area is 207 Å². The van der Waals surface area contributed by atoms with Crippen molar-refractivity contribution >= 4 is 28.8 Å². The Bertz CT molecular complexity index is 1220. The van der Waals surface area contributed by atoms with Gasteiger partial charge in [-0.05, 0) is 35.6 Å². The number of carbonyl (C=O) groups is 2. The average molecular weight is 496 g/mol. The molecular weight excluding hydrogens is 469 g/mol. The van der Waals surface area contributed by atoms with Crippen molar-refractivity contribution in [1.82, 2.24) is 10.2 Å². The molecule has 7 nitrogen and oxygen atoms in total. The molecule has 2 aliphatic heterocycles. The second-order valence-corrected chi connectivity index (χ2v) is 8.76. The zero-order valence-corrected chi connectivity index (χ0v) is 20.5. The number of para-hydroxylation sites is 1. The number of benzene rings is 2. The van der Waals surface area contributed by atoms with E-state index < -0.39 is 12.0 Å². The highest BCUT2D eigenvalue weighted by atomic mass is 32.2. The summed E-state index contributed by atoms with van der Waals surface area (Å²) in [5.74, 6) is -0.385. The van der Waals surface area contributed by atoms with Crippen molar-refractivity contribution in [2.75, 3.05) is 14.2 Å². The summed E-state index contributed by atoms with van der Waals surface area (Å²) in [6, 6.07) is 12.9. The van der Waals surface area contributed by atoms with Gasteiger partial charge in [-0.15, -0.1) is 0 Å². The number of carbonyl (C=O) groups excluding carboxylic acids is 2. The number of ether oxygens (including phenoxy) is 2. The number of fused-ring (bicyclic) bond motifs is 1. The van der Waals surface area contributed by atoms with Gasteiger partial charge in [0.25, 0.3) is 0 Å². The van der Waals surface area contributed by atoms with Crippen LogP contribution in [0.25, 0.3) is 0 Å². The smallest absolute Gasteiger partial charge is 0.338 e. The Kier molecular flexibility index (Phi) is 7.55. The fourth-order valence-electron chi connectivity index (χ4n) is 4.13. The molecule has 0 fully saturated rings. The second kappa shape index (κ2) is 10.8. The minimum absolute atomic E-state index is 0.0781. The first-order valence-electron chi connectivity index (χ1n) is 11.2. The number of amidine groups is 1. The highest BCUT2D eigenvalue weighted by molar-refractivity contribution is 8.16. The number of hydrogen-bond acceptors (Lipinski definition) is 7. The van der Waals surface area contributed by atoms with Crippen LogP contribution in [0.2, 0.25) is 0 Å². The summed E-state index contributed by atoms with van der Waals surface area (Å²) < 4.78 is 23.9. The number of methoxy groups -OCH3 is 2. The lowest BCUT2D eigenvalue weighted by molar-refractivity contribution is -0.136. The molecule has 2 aliphatic rings. The Hall–Kier alpha value is -3.59. The van der Waals surface area contributed by atoms with Crippen molar-refractivity contribution in [2.45, 2.75) is 32.4 Å². The fourth-order valence-corrected chi connectivity index (χ4v) is 5.07. The molecule has 0 aliphatic carbocycles. The second-order valence-electron chi connectivity index (χ2n) is 7.92. The van der Waals surface area contributed by atoms with E-state index in [-0.39, 0.29) is 24.7 Å². The first-order valence-corrected chi connectivity index (χ1v) is 12.0. The number of nitrogens with one attached hydrogen (secondary N) is 1. The maximum absolute atomic E-state index is 13.2. The number of esters is 1. The maximum atomic E-state index is 13.2. The van der Waals surface area contributed by atoms with Crippen LogP contribution in [0.5, 0.6) is 5.75 Å². The maximum Gasteiger partial charge on any atom is 0.338 e. The van der Waals surface area contributed by atoms with E-state index in [1.165, 1.54) is 31.0 Å². The van der Waals surface area contributed by atoms with Crippen molar-refractivity contribution in [3.63, 3.8) is 0 Å². The highest BCUT2D eigenvalue weighted by Gasteiger charge is 2.42. The monoisotopic (exact) mass is 495 g/mol. The molecule has 2 aromatic carbocycles. The van der Waals surface area contributed by atoms with Gasteiger partial charge in [0, 0.05) is 17.8 Å². The summed E-state index contributed by atoms with van der Waals surface area (Å²) in [6.07, 6.45) is 0.621. The van der Waals surface area contributed by atoms with Gasteiger partial charge in [-0.25, -0.2) is 14.2 Å². The van der Waals surface area contributed by atoms with E-state index in [1.807, 2.05) is 41.5 Å². The molecule has 35 heavy (non-hydrogen) atoms. The number of nitrogens with zero attached hydrogens (tertiary/aromatic N) is 2. The van der Waals surface area contributed by atoms with Gasteiger partial charge in [-0.1, -0.05) is 49.0 Å². The van der Waals surface area contributed by atoms with E-state index in [0.717, 1.165) is 11.1 Å². The summed E-state index contributed by atoms with van der Waals surface area (Å²) >= 11 is 1.41. The molecule has 0 aromatic heterocycles. The summed E-state index contributed by atoms with van der Waals surface area (Å²) in [7, 11) is 2.93. The van der Waals surface area contributed by atoms with Crippen molar-refractivity contribution in [2.24, 2.45) is 4.99 Å². The van der Waals surface area contributed by atoms with Gasteiger partial charge >= 0.3 is 5.97 Å². The molecule has 1 atom stereocenters. The average Bonchev–Trinajstić information content (AvgIpc) is 3.28. The molecule has 1 N–H and O–H groups in total. The van der Waals surface area contributed by atoms with Crippen LogP contribution < -0.4 is 10.1 Å². The topological polar surface area (TPSA) is 80.2 Å². The summed E-state index contributed by atoms with van der Waals surface area (Å²) in [5, 5.41) is 5.44. The van der Waals surface area contributed by atoms with Gasteiger partial charge < -0.3 is 19.7 Å². The van der Waals surface area contributed by atoms with E-state index in [9.17, 15) is 14.0 Å². The van der Waals surface area contributed by atoms with Crippen LogP contribution in [0.3, 0.4) is 0 Å². The van der Waals surface area contributed by atoms with Crippen molar-refractivity contribution < 1.29 is 23.5 Å². The van der Waals surface area contributed by atoms with E-state index in [1.54, 1.807) is 19.2 Å². The third-order valence-electron chi connectivity index (χ3n) is 5.81. The molecule has 0 bridgehead atoms. The summed E-state index contributed by atoms with van der Waals surface area (Å²) in [6.45, 7) is 2.22. The molecule has 1 amide bonds. The third kappa shape index (κ3) is 5.09. The Morgan fingerprint density at radius 2 is 1.89 bits per heavy atom. The molecule has 4 rings (SSSR count). The standard InChI is InChI=1S/C26H26FN3O4S/c1-4-20-23(25(32)34-3)24(19-7-5-6-8-21(19)33-2)30-18(15-35-26(30)29-20)13-22(31)28-14-16-9-11-17(27)12-10-16/h5-12,15,24H,4,13-14H2,1-3H3,(H,28,31)/t24-/m1/s1. The first-order chi connectivity index (χ1) is 17.0. The summed E-state index contributed by atoms with van der Waals surface area (Å²) in [4.78, 5) is 32.4. The van der Waals surface area contributed by atoms with Crippen LogP contribution in [-0.2, 0) is 20.9 Å². The van der Waals surface area contributed by atoms with Crippen molar-refractivity contribution in [1.29, 1.82) is 0 Å². The molecule has 0 saturated carbocycles. The molecule has 2 heterocycles. The predicted molar refractivity (Wildman–Crippen MR) is 133 cm³/mol. The minimum atomic E-state index is -0.563. The zero-order chi connectivity index (χ0) is 24.9. The number of hydrogen-bond donors (Lipinski definition) is 1. The lowest BCUT2D eigenvalue weighted by Crippen LogP contribution is -2.38. The number of thioether (sulfide) groups is 1. The molecule has 0 radical (unpaired) electrons. The van der Waals surface area contributed by atoms with Gasteiger partial charge in [0.05, 0.1) is 38.0 Å². The van der Waals surface area contributed by atoms with Crippen LogP contribution in [-0.4, -0.2) is 36.2 Å². The minimum Gasteiger partial charge on any atom is -0.496 e. The molecule has 182 valence electrons. The first kappa shape index (κ1) is 24.5. The normalized spacial score (nSPS) is 16.9. The number of halogens is 1. The van der Waals surface area contributed by atoms with Gasteiger partial charge in [0.1, 0.15) is 11.6 Å². The zero-order valence-electron chi connectivity index (χ0n) is 19.7. The third-order valence-corrected chi connectivity index (χ3v) is 6.70. The van der Waals surface area contributed by atoms with Crippen LogP contribution in [0.1, 0.15) is 36.9 Å². The lowest BCUT2D eigenvalue weighted by atomic mass is 9.92. The van der Waals surface area contributed by atoms with Crippen LogP contribution in [0.4, 0.5) is 4.39 Å². The molecule has 9 heteroatoms. The van der Waals surface area contributed by atoms with Gasteiger partial charge in [0.2, 0.25) is 5.91 Å². The number of rotatable bonds is 8. The molecule has 2 aromatic rings. The molecular formula is C26H26FN3O4S. The summed E-state index contributed by atoms with van der Waals surface area (Å²) in [5.41, 5.74) is 3.34. The van der Waals surface area contributed by atoms with E-state index >= 15 is 0 Å².